The van der Waals surface area contributed by atoms with Crippen LogP contribution < -0.4 is 5.73 Å². The maximum atomic E-state index is 12.8. The molecular weight excluding hydrogens is 336 g/mol. The van der Waals surface area contributed by atoms with E-state index in [9.17, 15) is 9.59 Å². The first kappa shape index (κ1) is 21.1. The summed E-state index contributed by atoms with van der Waals surface area (Å²) in [5.41, 5.74) is 5.83. The fourth-order valence-electron chi connectivity index (χ4n) is 3.58. The molecule has 2 N–H and O–H groups in total. The van der Waals surface area contributed by atoms with E-state index in [-0.39, 0.29) is 18.0 Å². The van der Waals surface area contributed by atoms with Gasteiger partial charge in [0, 0.05) is 13.1 Å². The molecule has 7 heteroatoms. The molecule has 2 aliphatic rings. The fourth-order valence-corrected chi connectivity index (χ4v) is 3.58. The zero-order valence-corrected chi connectivity index (χ0v) is 16.6. The highest BCUT2D eigenvalue weighted by molar-refractivity contribution is 5.78. The zero-order chi connectivity index (χ0) is 19.4. The third-order valence-electron chi connectivity index (χ3n) is 4.91. The highest BCUT2D eigenvalue weighted by Crippen LogP contribution is 2.32. The molecule has 1 aliphatic carbocycles. The molecular formula is C19H34N2O5. The number of nitrogens with two attached hydrogens (primary N) is 1. The smallest absolute Gasteiger partial charge is 0.370 e. The normalized spacial score (nSPS) is 27.0. The van der Waals surface area contributed by atoms with Crippen LogP contribution in [0.1, 0.15) is 66.2 Å². The zero-order valence-electron chi connectivity index (χ0n) is 16.6. The molecule has 1 aliphatic heterocycles. The molecule has 1 saturated heterocycles. The number of likely N-dealkylation sites (tertiary alicyclic amines) is 1. The lowest BCUT2D eigenvalue weighted by molar-refractivity contribution is -0.225. The first-order valence-corrected chi connectivity index (χ1v) is 9.77. The second-order valence-electron chi connectivity index (χ2n) is 8.24. The predicted octanol–water partition coefficient (Wildman–Crippen LogP) is 2.17. The Labute approximate surface area is 156 Å². The molecule has 0 aromatic rings. The van der Waals surface area contributed by atoms with Crippen molar-refractivity contribution in [3.05, 3.63) is 0 Å². The molecule has 7 nitrogen and oxygen atoms in total. The Hall–Kier alpha value is -1.18. The largest absolute Gasteiger partial charge is 0.466 e. The Morgan fingerprint density at radius 3 is 2.15 bits per heavy atom. The second kappa shape index (κ2) is 8.67. The van der Waals surface area contributed by atoms with Crippen LogP contribution in [-0.4, -0.2) is 54.1 Å². The first-order valence-electron chi connectivity index (χ1n) is 9.77. The van der Waals surface area contributed by atoms with E-state index in [1.54, 1.807) is 0 Å². The molecule has 0 aromatic heterocycles. The van der Waals surface area contributed by atoms with E-state index < -0.39 is 17.4 Å². The van der Waals surface area contributed by atoms with Crippen LogP contribution in [0.5, 0.6) is 0 Å². The number of hydrogen-bond donors (Lipinski definition) is 1. The van der Waals surface area contributed by atoms with Gasteiger partial charge in [-0.15, -0.1) is 0 Å². The highest BCUT2D eigenvalue weighted by atomic mass is 16.6. The van der Waals surface area contributed by atoms with Crippen LogP contribution in [0.15, 0.2) is 0 Å². The maximum Gasteiger partial charge on any atom is 0.370 e. The Kier molecular flexibility index (Phi) is 7.05. The molecule has 2 rings (SSSR count). The van der Waals surface area contributed by atoms with Gasteiger partial charge < -0.3 is 14.2 Å². The van der Waals surface area contributed by atoms with E-state index >= 15 is 0 Å². The summed E-state index contributed by atoms with van der Waals surface area (Å²) in [4.78, 5) is 26.6. The van der Waals surface area contributed by atoms with E-state index in [4.69, 9.17) is 19.9 Å². The average Bonchev–Trinajstić information content (AvgIpc) is 3.09. The number of ether oxygens (including phenoxy) is 3. The summed E-state index contributed by atoms with van der Waals surface area (Å²) < 4.78 is 16.8. The Morgan fingerprint density at radius 1 is 1.08 bits per heavy atom. The van der Waals surface area contributed by atoms with Gasteiger partial charge in [0.2, 0.25) is 0 Å². The molecule has 0 aromatic carbocycles. The predicted molar refractivity (Wildman–Crippen MR) is 97.0 cm³/mol. The maximum absolute atomic E-state index is 12.8. The van der Waals surface area contributed by atoms with Gasteiger partial charge in [-0.3, -0.25) is 15.4 Å². The molecule has 1 atom stereocenters. The van der Waals surface area contributed by atoms with Gasteiger partial charge in [-0.25, -0.2) is 4.79 Å². The average molecular weight is 370 g/mol. The van der Waals surface area contributed by atoms with Crippen molar-refractivity contribution in [2.75, 3.05) is 19.7 Å². The molecule has 0 spiro atoms. The summed E-state index contributed by atoms with van der Waals surface area (Å²) in [6, 6.07) is 0. The number of rotatable bonds is 6. The lowest BCUT2D eigenvalue weighted by Crippen LogP contribution is -2.65. The van der Waals surface area contributed by atoms with Crippen molar-refractivity contribution < 1.29 is 23.8 Å². The first-order chi connectivity index (χ1) is 12.2. The van der Waals surface area contributed by atoms with Crippen LogP contribution in [0.4, 0.5) is 0 Å². The van der Waals surface area contributed by atoms with Gasteiger partial charge >= 0.3 is 11.9 Å². The van der Waals surface area contributed by atoms with Crippen LogP contribution in [0.25, 0.3) is 0 Å². The number of carbonyl (C=O) groups excluding carboxylic acids is 2. The standard InChI is InChI=1S/C19H34N2O5/c1-5-24-16(22)14-8-10-15(11-9-14)25-19(20,21-12-6-7-13-21)17(23)26-18(2,3)4/h14-15H,5-13,20H2,1-4H3. The number of hydrogen-bond acceptors (Lipinski definition) is 7. The summed E-state index contributed by atoms with van der Waals surface area (Å²) in [6.07, 6.45) is 4.54. The van der Waals surface area contributed by atoms with Gasteiger partial charge in [0.15, 0.2) is 0 Å². The molecule has 1 saturated carbocycles. The highest BCUT2D eigenvalue weighted by Gasteiger charge is 2.48. The summed E-state index contributed by atoms with van der Waals surface area (Å²) in [7, 11) is 0. The molecule has 0 radical (unpaired) electrons. The second-order valence-corrected chi connectivity index (χ2v) is 8.24. The van der Waals surface area contributed by atoms with E-state index in [0.29, 0.717) is 45.4 Å². The van der Waals surface area contributed by atoms with Gasteiger partial charge in [-0.1, -0.05) is 0 Å². The minimum atomic E-state index is -1.56. The van der Waals surface area contributed by atoms with Crippen LogP contribution in [0.2, 0.25) is 0 Å². The molecule has 2 fully saturated rings. The van der Waals surface area contributed by atoms with Gasteiger partial charge in [-0.05, 0) is 66.2 Å². The van der Waals surface area contributed by atoms with Gasteiger partial charge in [0.05, 0.1) is 18.6 Å². The van der Waals surface area contributed by atoms with Crippen molar-refractivity contribution in [1.29, 1.82) is 0 Å². The van der Waals surface area contributed by atoms with Crippen LogP contribution in [-0.2, 0) is 23.8 Å². The monoisotopic (exact) mass is 370 g/mol. The topological polar surface area (TPSA) is 91.1 Å². The fraction of sp³-hybridized carbons (Fsp3) is 0.895. The minimum Gasteiger partial charge on any atom is -0.466 e. The third kappa shape index (κ3) is 5.41. The van der Waals surface area contributed by atoms with Gasteiger partial charge in [0.25, 0.3) is 5.85 Å². The van der Waals surface area contributed by atoms with Crippen LogP contribution >= 0.6 is 0 Å². The summed E-state index contributed by atoms with van der Waals surface area (Å²) in [5.74, 6) is -2.34. The van der Waals surface area contributed by atoms with E-state index in [1.807, 2.05) is 32.6 Å². The minimum absolute atomic E-state index is 0.0877. The van der Waals surface area contributed by atoms with E-state index in [2.05, 4.69) is 0 Å². The van der Waals surface area contributed by atoms with Gasteiger partial charge in [0.1, 0.15) is 5.60 Å². The van der Waals surface area contributed by atoms with Crippen molar-refractivity contribution in [2.45, 2.75) is 83.8 Å². The van der Waals surface area contributed by atoms with Crippen molar-refractivity contribution >= 4 is 11.9 Å². The Bertz CT molecular complexity index is 491. The number of carbonyl (C=O) groups is 2. The summed E-state index contributed by atoms with van der Waals surface area (Å²) in [5, 5.41) is 0. The lowest BCUT2D eigenvalue weighted by atomic mass is 9.87. The molecule has 0 bridgehead atoms. The van der Waals surface area contributed by atoms with Crippen molar-refractivity contribution in [1.82, 2.24) is 4.90 Å². The van der Waals surface area contributed by atoms with Crippen molar-refractivity contribution in [3.63, 3.8) is 0 Å². The SMILES string of the molecule is CCOC(=O)C1CCC(OC(N)(C(=O)OC(C)(C)C)N2CCCC2)CC1. The lowest BCUT2D eigenvalue weighted by Gasteiger charge is -2.41. The molecule has 0 amide bonds. The number of nitrogens with zero attached hydrogens (tertiary/aromatic N) is 1. The molecule has 150 valence electrons. The molecule has 1 unspecified atom stereocenters. The third-order valence-corrected chi connectivity index (χ3v) is 4.91. The summed E-state index contributed by atoms with van der Waals surface area (Å²) >= 11 is 0. The van der Waals surface area contributed by atoms with Crippen LogP contribution in [0.3, 0.4) is 0 Å². The van der Waals surface area contributed by atoms with Crippen LogP contribution in [0, 0.1) is 5.92 Å². The van der Waals surface area contributed by atoms with E-state index in [0.717, 1.165) is 12.8 Å². The van der Waals surface area contributed by atoms with Gasteiger partial charge in [-0.2, -0.15) is 0 Å². The van der Waals surface area contributed by atoms with Crippen molar-refractivity contribution in [3.8, 4) is 0 Å². The van der Waals surface area contributed by atoms with Crippen molar-refractivity contribution in [2.24, 2.45) is 11.7 Å². The van der Waals surface area contributed by atoms with E-state index in [1.165, 1.54) is 0 Å². The summed E-state index contributed by atoms with van der Waals surface area (Å²) in [6.45, 7) is 9.10. The molecule has 1 heterocycles. The quantitative estimate of drug-likeness (QED) is 0.566. The number of esters is 2. The molecule has 26 heavy (non-hydrogen) atoms. The Balaban J connectivity index is 2.01. The Morgan fingerprint density at radius 2 is 1.65 bits per heavy atom.